The van der Waals surface area contributed by atoms with E-state index >= 15 is 0 Å². The second kappa shape index (κ2) is 13.8. The SMILES string of the molecule is C1=C(c2c3ccccc3c(C3=Cc4ccccc4C3)c3cc(-c4ccc(S(c5ccccc5)(c5ccccc5)c5ccccc5)cc4)ccc23)Cc2ccccc21. The molecule has 0 bridgehead atoms. The quantitative estimate of drug-likeness (QED) is 0.143. The van der Waals surface area contributed by atoms with Gasteiger partial charge in [0.25, 0.3) is 0 Å². The van der Waals surface area contributed by atoms with Crippen LogP contribution in [-0.2, 0) is 12.8 Å². The first-order valence-electron chi connectivity index (χ1n) is 19.9. The Morgan fingerprint density at radius 3 is 1.18 bits per heavy atom. The topological polar surface area (TPSA) is 0 Å². The van der Waals surface area contributed by atoms with Gasteiger partial charge < -0.3 is 0 Å². The van der Waals surface area contributed by atoms with Crippen LogP contribution in [0.1, 0.15) is 33.4 Å². The zero-order valence-electron chi connectivity index (χ0n) is 31.6. The number of allylic oxidation sites excluding steroid dienone is 2. The van der Waals surface area contributed by atoms with Gasteiger partial charge in [-0.15, -0.1) is 10.0 Å². The van der Waals surface area contributed by atoms with Gasteiger partial charge >= 0.3 is 0 Å². The fraction of sp³-hybridized carbons (Fsp3) is 0.0357. The summed E-state index contributed by atoms with van der Waals surface area (Å²) in [5.41, 5.74) is 13.4. The largest absolute Gasteiger partial charge is 0.133 e. The van der Waals surface area contributed by atoms with Crippen molar-refractivity contribution in [2.45, 2.75) is 32.4 Å². The molecule has 2 aliphatic rings. The number of rotatable bonds is 7. The van der Waals surface area contributed by atoms with E-state index in [-0.39, 0.29) is 0 Å². The van der Waals surface area contributed by atoms with Crippen LogP contribution in [0, 0.1) is 0 Å². The maximum Gasteiger partial charge on any atom is 0.00233 e. The summed E-state index contributed by atoms with van der Waals surface area (Å²) in [6.45, 7) is 0. The van der Waals surface area contributed by atoms with Crippen molar-refractivity contribution in [3.8, 4) is 11.1 Å². The van der Waals surface area contributed by atoms with Gasteiger partial charge in [-0.3, -0.25) is 0 Å². The van der Waals surface area contributed by atoms with E-state index in [9.17, 15) is 0 Å². The van der Waals surface area contributed by atoms with Crippen LogP contribution in [0.3, 0.4) is 0 Å². The highest BCUT2D eigenvalue weighted by Gasteiger charge is 2.33. The molecule has 0 amide bonds. The molecule has 0 heterocycles. The lowest BCUT2D eigenvalue weighted by Gasteiger charge is -2.42. The second-order valence-corrected chi connectivity index (χ2v) is 18.3. The Bertz CT molecular complexity index is 2930. The summed E-state index contributed by atoms with van der Waals surface area (Å²) in [4.78, 5) is 5.32. The Kier molecular flexibility index (Phi) is 8.16. The fourth-order valence-corrected chi connectivity index (χ4v) is 13.3. The van der Waals surface area contributed by atoms with Crippen molar-refractivity contribution in [3.05, 3.63) is 240 Å². The highest BCUT2D eigenvalue weighted by molar-refractivity contribution is 8.34. The predicted molar refractivity (Wildman–Crippen MR) is 243 cm³/mol. The van der Waals surface area contributed by atoms with Crippen molar-refractivity contribution in [2.75, 3.05) is 0 Å². The number of fused-ring (bicyclic) bond motifs is 4. The second-order valence-electron chi connectivity index (χ2n) is 15.2. The third kappa shape index (κ3) is 5.53. The van der Waals surface area contributed by atoms with Crippen LogP contribution in [-0.4, -0.2) is 0 Å². The van der Waals surface area contributed by atoms with Crippen LogP contribution in [0.4, 0.5) is 0 Å². The molecule has 1 heteroatoms. The lowest BCUT2D eigenvalue weighted by molar-refractivity contribution is 1.24. The highest BCUT2D eigenvalue weighted by atomic mass is 32.3. The first-order chi connectivity index (χ1) is 28.3. The zero-order chi connectivity index (χ0) is 37.8. The van der Waals surface area contributed by atoms with Crippen LogP contribution in [0.5, 0.6) is 0 Å². The number of hydrogen-bond acceptors (Lipinski definition) is 0. The van der Waals surface area contributed by atoms with Crippen molar-refractivity contribution in [1.82, 2.24) is 0 Å². The lowest BCUT2D eigenvalue weighted by atomic mass is 9.84. The standard InChI is InChI=1S/C56H40S/c1-4-20-47(21-5-1)57(48-22-6-2-7-23-48,49-24-8-3-9-25-49)50-31-28-39(29-32-50)44-30-33-53-54(38-44)56(46-36-42-18-12-13-19-43(42)37-46)52-27-15-14-26-51(52)55(53)45-34-40-16-10-11-17-41(40)35-45/h1-34,36,38H,35,37H2. The minimum Gasteiger partial charge on any atom is -0.133 e. The van der Waals surface area contributed by atoms with E-state index < -0.39 is 10.0 Å². The Labute approximate surface area is 336 Å². The van der Waals surface area contributed by atoms with Crippen LogP contribution >= 0.6 is 10.0 Å². The molecule has 270 valence electrons. The molecule has 0 aliphatic heterocycles. The zero-order valence-corrected chi connectivity index (χ0v) is 32.4. The normalized spacial score (nSPS) is 13.6. The molecule has 2 aliphatic carbocycles. The number of hydrogen-bond donors (Lipinski definition) is 0. The summed E-state index contributed by atoms with van der Waals surface area (Å²) < 4.78 is 0. The molecule has 11 rings (SSSR count). The van der Waals surface area contributed by atoms with Crippen molar-refractivity contribution in [1.29, 1.82) is 0 Å². The molecule has 0 fully saturated rings. The molecule has 9 aromatic carbocycles. The molecule has 0 aromatic heterocycles. The first kappa shape index (κ1) is 33.6. The van der Waals surface area contributed by atoms with Crippen molar-refractivity contribution < 1.29 is 0 Å². The van der Waals surface area contributed by atoms with E-state index in [1.807, 2.05) is 0 Å². The van der Waals surface area contributed by atoms with Crippen molar-refractivity contribution >= 4 is 54.9 Å². The van der Waals surface area contributed by atoms with Crippen LogP contribution in [0.2, 0.25) is 0 Å². The first-order valence-corrected chi connectivity index (χ1v) is 21.5. The summed E-state index contributed by atoms with van der Waals surface area (Å²) >= 11 is 0. The third-order valence-corrected chi connectivity index (χ3v) is 15.9. The smallest absolute Gasteiger partial charge is 0.00233 e. The van der Waals surface area contributed by atoms with E-state index in [2.05, 4.69) is 218 Å². The third-order valence-electron chi connectivity index (χ3n) is 12.0. The molecule has 0 N–H and O–H groups in total. The average Bonchev–Trinajstić information content (AvgIpc) is 3.92. The van der Waals surface area contributed by atoms with Gasteiger partial charge in [-0.1, -0.05) is 164 Å². The molecule has 0 unspecified atom stereocenters. The number of benzene rings is 9. The average molecular weight is 745 g/mol. The summed E-state index contributed by atoms with van der Waals surface area (Å²) in [6.07, 6.45) is 6.74. The minimum absolute atomic E-state index is 0.936. The Balaban J connectivity index is 1.12. The maximum atomic E-state index is 2.48. The summed E-state index contributed by atoms with van der Waals surface area (Å²) in [5.74, 6) is 0. The molecule has 0 saturated heterocycles. The van der Waals surface area contributed by atoms with E-state index in [4.69, 9.17) is 0 Å². The Hall–Kier alpha value is -6.67. The van der Waals surface area contributed by atoms with Crippen LogP contribution in [0.25, 0.3) is 56.0 Å². The summed E-state index contributed by atoms with van der Waals surface area (Å²) in [7, 11) is -1.76. The Morgan fingerprint density at radius 2 is 0.684 bits per heavy atom. The van der Waals surface area contributed by atoms with E-state index in [1.54, 1.807) is 0 Å². The van der Waals surface area contributed by atoms with Crippen molar-refractivity contribution in [2.24, 2.45) is 0 Å². The van der Waals surface area contributed by atoms with Gasteiger partial charge in [0, 0.05) is 19.6 Å². The van der Waals surface area contributed by atoms with E-state index in [1.165, 1.54) is 96.8 Å². The van der Waals surface area contributed by atoms with Gasteiger partial charge in [0.1, 0.15) is 0 Å². The monoisotopic (exact) mass is 744 g/mol. The van der Waals surface area contributed by atoms with Gasteiger partial charge in [-0.25, -0.2) is 0 Å². The molecule has 0 nitrogen and oxygen atoms in total. The molecule has 57 heavy (non-hydrogen) atoms. The van der Waals surface area contributed by atoms with Crippen LogP contribution in [0.15, 0.2) is 226 Å². The predicted octanol–water partition coefficient (Wildman–Crippen LogP) is 15.2. The molecule has 0 saturated carbocycles. The molecular weight excluding hydrogens is 705 g/mol. The maximum absolute atomic E-state index is 2.48. The van der Waals surface area contributed by atoms with Gasteiger partial charge in [-0.05, 0) is 145 Å². The van der Waals surface area contributed by atoms with Crippen LogP contribution < -0.4 is 0 Å². The highest BCUT2D eigenvalue weighted by Crippen LogP contribution is 2.73. The molecular formula is C56H40S. The fourth-order valence-electron chi connectivity index (χ4n) is 9.47. The minimum atomic E-state index is -1.76. The molecule has 0 radical (unpaired) electrons. The van der Waals surface area contributed by atoms with Gasteiger partial charge in [-0.2, -0.15) is 0 Å². The van der Waals surface area contributed by atoms with Crippen molar-refractivity contribution in [3.63, 3.8) is 0 Å². The van der Waals surface area contributed by atoms with Gasteiger partial charge in [0.15, 0.2) is 0 Å². The molecule has 0 atom stereocenters. The van der Waals surface area contributed by atoms with Gasteiger partial charge in [0.2, 0.25) is 0 Å². The molecule has 0 spiro atoms. The van der Waals surface area contributed by atoms with E-state index in [0.29, 0.717) is 0 Å². The van der Waals surface area contributed by atoms with Gasteiger partial charge in [0.05, 0.1) is 0 Å². The summed E-state index contributed by atoms with van der Waals surface area (Å²) in [5, 5.41) is 5.29. The molecule has 9 aromatic rings. The van der Waals surface area contributed by atoms with E-state index in [0.717, 1.165) is 12.8 Å². The lowest BCUT2D eigenvalue weighted by Crippen LogP contribution is -2.05. The Morgan fingerprint density at radius 1 is 0.298 bits per heavy atom. The summed E-state index contributed by atoms with van der Waals surface area (Å²) in [6, 6.07) is 76.9.